The third-order valence-electron chi connectivity index (χ3n) is 4.96. The Balaban J connectivity index is 2.04. The summed E-state index contributed by atoms with van der Waals surface area (Å²) >= 11 is 0. The molecule has 2 fully saturated rings. The number of nitrogens with zero attached hydrogens (tertiary/aromatic N) is 1. The van der Waals surface area contributed by atoms with E-state index in [-0.39, 0.29) is 0 Å². The lowest BCUT2D eigenvalue weighted by Gasteiger charge is -2.44. The van der Waals surface area contributed by atoms with Gasteiger partial charge in [-0.1, -0.05) is 39.5 Å². The maximum Gasteiger partial charge on any atom is 0.0334 e. The van der Waals surface area contributed by atoms with Crippen molar-refractivity contribution < 1.29 is 0 Å². The maximum atomic E-state index is 6.24. The third kappa shape index (κ3) is 3.48. The average Bonchev–Trinajstić information content (AvgIpc) is 3.16. The van der Waals surface area contributed by atoms with Gasteiger partial charge < -0.3 is 5.73 Å². The molecule has 18 heavy (non-hydrogen) atoms. The quantitative estimate of drug-likeness (QED) is 0.733. The van der Waals surface area contributed by atoms with Crippen LogP contribution >= 0.6 is 0 Å². The fourth-order valence-electron chi connectivity index (χ4n) is 3.59. The molecule has 2 heteroatoms. The summed E-state index contributed by atoms with van der Waals surface area (Å²) in [6.45, 7) is 6.84. The van der Waals surface area contributed by atoms with Crippen LogP contribution in [-0.4, -0.2) is 29.6 Å². The molecular weight excluding hydrogens is 220 g/mol. The Kier molecular flexibility index (Phi) is 5.08. The fourth-order valence-corrected chi connectivity index (χ4v) is 3.59. The average molecular weight is 252 g/mol. The highest BCUT2D eigenvalue weighted by molar-refractivity contribution is 5.00. The Labute approximate surface area is 113 Å². The first-order chi connectivity index (χ1) is 8.68. The summed E-state index contributed by atoms with van der Waals surface area (Å²) in [5.74, 6) is 0.812. The normalized spacial score (nSPS) is 24.5. The van der Waals surface area contributed by atoms with Crippen LogP contribution in [0.4, 0.5) is 0 Å². The summed E-state index contributed by atoms with van der Waals surface area (Å²) in [4.78, 5) is 2.83. The van der Waals surface area contributed by atoms with Crippen molar-refractivity contribution in [3.8, 4) is 0 Å². The molecule has 0 heterocycles. The van der Waals surface area contributed by atoms with Crippen molar-refractivity contribution in [1.29, 1.82) is 0 Å². The Morgan fingerprint density at radius 2 is 1.72 bits per heavy atom. The minimum Gasteiger partial charge on any atom is -0.329 e. The molecule has 106 valence electrons. The second kappa shape index (κ2) is 6.38. The molecule has 0 aliphatic heterocycles. The van der Waals surface area contributed by atoms with Crippen LogP contribution < -0.4 is 5.73 Å². The van der Waals surface area contributed by atoms with Crippen LogP contribution in [0.25, 0.3) is 0 Å². The molecule has 2 nitrogen and oxygen atoms in total. The number of nitrogens with two attached hydrogens (primary N) is 1. The SMILES string of the molecule is CC(C)CCN(C1CC1)C1(CN)CCCCCC1. The highest BCUT2D eigenvalue weighted by atomic mass is 15.3. The van der Waals surface area contributed by atoms with Gasteiger partial charge in [0.25, 0.3) is 0 Å². The van der Waals surface area contributed by atoms with Gasteiger partial charge in [-0.15, -0.1) is 0 Å². The van der Waals surface area contributed by atoms with Crippen LogP contribution in [0.15, 0.2) is 0 Å². The molecule has 0 aromatic rings. The predicted octanol–water partition coefficient (Wildman–Crippen LogP) is 3.55. The van der Waals surface area contributed by atoms with E-state index in [1.807, 2.05) is 0 Å². The summed E-state index contributed by atoms with van der Waals surface area (Å²) in [5.41, 5.74) is 6.59. The number of rotatable bonds is 6. The van der Waals surface area contributed by atoms with Gasteiger partial charge in [0.2, 0.25) is 0 Å². The Bertz CT molecular complexity index is 237. The molecule has 0 bridgehead atoms. The Hall–Kier alpha value is -0.0800. The minimum absolute atomic E-state index is 0.354. The summed E-state index contributed by atoms with van der Waals surface area (Å²) < 4.78 is 0. The lowest BCUT2D eigenvalue weighted by molar-refractivity contribution is 0.0644. The van der Waals surface area contributed by atoms with Crippen LogP contribution in [0.3, 0.4) is 0 Å². The topological polar surface area (TPSA) is 29.3 Å². The predicted molar refractivity (Wildman–Crippen MR) is 78.7 cm³/mol. The number of hydrogen-bond acceptors (Lipinski definition) is 2. The van der Waals surface area contributed by atoms with E-state index in [2.05, 4.69) is 18.7 Å². The minimum atomic E-state index is 0.354. The van der Waals surface area contributed by atoms with E-state index in [1.54, 1.807) is 0 Å². The summed E-state index contributed by atoms with van der Waals surface area (Å²) in [5, 5.41) is 0. The second-order valence-corrected chi connectivity index (χ2v) is 6.95. The Morgan fingerprint density at radius 1 is 1.11 bits per heavy atom. The fraction of sp³-hybridized carbons (Fsp3) is 1.00. The highest BCUT2D eigenvalue weighted by Gasteiger charge is 2.42. The molecule has 0 saturated heterocycles. The van der Waals surface area contributed by atoms with E-state index < -0.39 is 0 Å². The first-order valence-electron chi connectivity index (χ1n) is 8.15. The molecular formula is C16H32N2. The van der Waals surface area contributed by atoms with Gasteiger partial charge in [0.05, 0.1) is 0 Å². The molecule has 0 unspecified atom stereocenters. The molecule has 0 atom stereocenters. The largest absolute Gasteiger partial charge is 0.329 e. The van der Waals surface area contributed by atoms with E-state index in [9.17, 15) is 0 Å². The van der Waals surface area contributed by atoms with Gasteiger partial charge >= 0.3 is 0 Å². The van der Waals surface area contributed by atoms with Crippen LogP contribution in [0.1, 0.15) is 71.6 Å². The molecule has 2 aliphatic rings. The van der Waals surface area contributed by atoms with Crippen molar-refractivity contribution in [2.45, 2.75) is 83.2 Å². The van der Waals surface area contributed by atoms with Crippen LogP contribution in [0.5, 0.6) is 0 Å². The van der Waals surface area contributed by atoms with Gasteiger partial charge in [-0.2, -0.15) is 0 Å². The molecule has 0 amide bonds. The lowest BCUT2D eigenvalue weighted by Crippen LogP contribution is -2.55. The summed E-state index contributed by atoms with van der Waals surface area (Å²) in [6, 6.07) is 0.866. The first-order valence-corrected chi connectivity index (χ1v) is 8.15. The standard InChI is InChI=1S/C16H32N2/c1-14(2)9-12-18(15-7-8-15)16(13-17)10-5-3-4-6-11-16/h14-15H,3-13,17H2,1-2H3. The zero-order chi connectivity index (χ0) is 13.0. The second-order valence-electron chi connectivity index (χ2n) is 6.95. The van der Waals surface area contributed by atoms with E-state index >= 15 is 0 Å². The van der Waals surface area contributed by atoms with Crippen LogP contribution in [-0.2, 0) is 0 Å². The molecule has 2 N–H and O–H groups in total. The molecule has 2 aliphatic carbocycles. The van der Waals surface area contributed by atoms with Gasteiger partial charge in [0.1, 0.15) is 0 Å². The summed E-state index contributed by atoms with van der Waals surface area (Å²) in [7, 11) is 0. The highest BCUT2D eigenvalue weighted by Crippen LogP contribution is 2.39. The third-order valence-corrected chi connectivity index (χ3v) is 4.96. The zero-order valence-electron chi connectivity index (χ0n) is 12.5. The molecule has 0 aromatic carbocycles. The van der Waals surface area contributed by atoms with Crippen molar-refractivity contribution in [3.63, 3.8) is 0 Å². The molecule has 2 saturated carbocycles. The van der Waals surface area contributed by atoms with E-state index in [1.165, 1.54) is 64.3 Å². The molecule has 0 spiro atoms. The molecule has 0 radical (unpaired) electrons. The monoisotopic (exact) mass is 252 g/mol. The maximum absolute atomic E-state index is 6.24. The van der Waals surface area contributed by atoms with E-state index in [4.69, 9.17) is 5.73 Å². The van der Waals surface area contributed by atoms with Crippen molar-refractivity contribution in [2.24, 2.45) is 11.7 Å². The van der Waals surface area contributed by atoms with Crippen molar-refractivity contribution in [3.05, 3.63) is 0 Å². The van der Waals surface area contributed by atoms with E-state index in [0.717, 1.165) is 18.5 Å². The van der Waals surface area contributed by atoms with Gasteiger partial charge in [-0.05, 0) is 44.6 Å². The summed E-state index contributed by atoms with van der Waals surface area (Å²) in [6.07, 6.45) is 12.5. The van der Waals surface area contributed by atoms with Crippen molar-refractivity contribution >= 4 is 0 Å². The number of hydrogen-bond donors (Lipinski definition) is 1. The van der Waals surface area contributed by atoms with Crippen molar-refractivity contribution in [1.82, 2.24) is 4.90 Å². The van der Waals surface area contributed by atoms with Gasteiger partial charge in [-0.3, -0.25) is 4.90 Å². The van der Waals surface area contributed by atoms with Crippen molar-refractivity contribution in [2.75, 3.05) is 13.1 Å². The van der Waals surface area contributed by atoms with E-state index in [0.29, 0.717) is 5.54 Å². The van der Waals surface area contributed by atoms with Gasteiger partial charge in [0, 0.05) is 18.1 Å². The first kappa shape index (κ1) is 14.3. The van der Waals surface area contributed by atoms with Crippen LogP contribution in [0.2, 0.25) is 0 Å². The molecule has 0 aromatic heterocycles. The smallest absolute Gasteiger partial charge is 0.0334 e. The van der Waals surface area contributed by atoms with Crippen LogP contribution in [0, 0.1) is 5.92 Å². The Morgan fingerprint density at radius 3 is 2.17 bits per heavy atom. The van der Waals surface area contributed by atoms with Gasteiger partial charge in [0.15, 0.2) is 0 Å². The lowest BCUT2D eigenvalue weighted by atomic mass is 9.87. The molecule has 2 rings (SSSR count). The van der Waals surface area contributed by atoms with Gasteiger partial charge in [-0.25, -0.2) is 0 Å². The zero-order valence-corrected chi connectivity index (χ0v) is 12.5.